The van der Waals surface area contributed by atoms with Gasteiger partial charge in [-0.15, -0.1) is 0 Å². The minimum atomic E-state index is 0.852. The molecule has 0 spiro atoms. The van der Waals surface area contributed by atoms with E-state index in [2.05, 4.69) is 50.4 Å². The minimum absolute atomic E-state index is 0.852. The van der Waals surface area contributed by atoms with Crippen LogP contribution in [0.5, 0.6) is 0 Å². The van der Waals surface area contributed by atoms with E-state index < -0.39 is 0 Å². The molecule has 1 aliphatic heterocycles. The standard InChI is InChI=1S/C15H21BrN2/c16-14-3-1-12(2-4-14)10-18-8-7-13(11-18)9-17-15-5-6-15/h1-4,13,15,17H,5-11H2. The highest BCUT2D eigenvalue weighted by molar-refractivity contribution is 9.10. The Morgan fingerprint density at radius 3 is 2.67 bits per heavy atom. The zero-order valence-electron chi connectivity index (χ0n) is 10.7. The second kappa shape index (κ2) is 5.72. The number of benzene rings is 1. The monoisotopic (exact) mass is 308 g/mol. The molecule has 3 heteroatoms. The summed E-state index contributed by atoms with van der Waals surface area (Å²) in [6, 6.07) is 9.57. The lowest BCUT2D eigenvalue weighted by Crippen LogP contribution is -2.27. The highest BCUT2D eigenvalue weighted by Crippen LogP contribution is 2.22. The number of rotatable bonds is 5. The normalized spacial score (nSPS) is 24.6. The molecule has 1 aromatic rings. The Morgan fingerprint density at radius 1 is 1.17 bits per heavy atom. The van der Waals surface area contributed by atoms with E-state index in [0.717, 1.165) is 18.5 Å². The summed E-state index contributed by atoms with van der Waals surface area (Å²) in [5, 5.41) is 3.66. The van der Waals surface area contributed by atoms with Gasteiger partial charge in [0.15, 0.2) is 0 Å². The van der Waals surface area contributed by atoms with E-state index >= 15 is 0 Å². The van der Waals surface area contributed by atoms with E-state index in [9.17, 15) is 0 Å². The molecule has 1 N–H and O–H groups in total. The van der Waals surface area contributed by atoms with Gasteiger partial charge in [-0.2, -0.15) is 0 Å². The number of nitrogens with one attached hydrogen (secondary N) is 1. The molecule has 0 radical (unpaired) electrons. The molecule has 18 heavy (non-hydrogen) atoms. The molecule has 1 saturated carbocycles. The van der Waals surface area contributed by atoms with Crippen molar-refractivity contribution < 1.29 is 0 Å². The number of hydrogen-bond acceptors (Lipinski definition) is 2. The SMILES string of the molecule is Brc1ccc(CN2CCC(CNC3CC3)C2)cc1. The molecule has 1 unspecified atom stereocenters. The van der Waals surface area contributed by atoms with Gasteiger partial charge < -0.3 is 5.32 Å². The lowest BCUT2D eigenvalue weighted by molar-refractivity contribution is 0.314. The fourth-order valence-corrected chi connectivity index (χ4v) is 2.96. The van der Waals surface area contributed by atoms with Crippen molar-refractivity contribution in [3.63, 3.8) is 0 Å². The molecule has 3 rings (SSSR count). The Kier molecular flexibility index (Phi) is 4.02. The molecule has 1 atom stereocenters. The molecule has 0 bridgehead atoms. The van der Waals surface area contributed by atoms with E-state index in [0.29, 0.717) is 0 Å². The van der Waals surface area contributed by atoms with E-state index in [1.807, 2.05) is 0 Å². The zero-order chi connectivity index (χ0) is 12.4. The smallest absolute Gasteiger partial charge is 0.0233 e. The molecule has 2 fully saturated rings. The molecule has 1 saturated heterocycles. The molecule has 2 nitrogen and oxygen atoms in total. The van der Waals surface area contributed by atoms with Crippen LogP contribution in [0.4, 0.5) is 0 Å². The largest absolute Gasteiger partial charge is 0.314 e. The van der Waals surface area contributed by atoms with Crippen molar-refractivity contribution in [3.05, 3.63) is 34.3 Å². The average molecular weight is 309 g/mol. The summed E-state index contributed by atoms with van der Waals surface area (Å²) in [6.07, 6.45) is 4.15. The molecule has 0 aromatic heterocycles. The van der Waals surface area contributed by atoms with Crippen molar-refractivity contribution in [1.82, 2.24) is 10.2 Å². The number of hydrogen-bond donors (Lipinski definition) is 1. The quantitative estimate of drug-likeness (QED) is 0.899. The van der Waals surface area contributed by atoms with Crippen molar-refractivity contribution >= 4 is 15.9 Å². The van der Waals surface area contributed by atoms with E-state index in [4.69, 9.17) is 0 Å². The predicted molar refractivity (Wildman–Crippen MR) is 78.6 cm³/mol. The van der Waals surface area contributed by atoms with Crippen LogP contribution in [0.1, 0.15) is 24.8 Å². The maximum absolute atomic E-state index is 3.66. The van der Waals surface area contributed by atoms with Crippen molar-refractivity contribution in [1.29, 1.82) is 0 Å². The van der Waals surface area contributed by atoms with Gasteiger partial charge in [0.05, 0.1) is 0 Å². The topological polar surface area (TPSA) is 15.3 Å². The number of nitrogens with zero attached hydrogens (tertiary/aromatic N) is 1. The Balaban J connectivity index is 1.44. The van der Waals surface area contributed by atoms with Crippen LogP contribution in [0.3, 0.4) is 0 Å². The van der Waals surface area contributed by atoms with Gasteiger partial charge in [0.25, 0.3) is 0 Å². The third-order valence-electron chi connectivity index (χ3n) is 3.96. The summed E-state index contributed by atoms with van der Waals surface area (Å²) < 4.78 is 1.17. The van der Waals surface area contributed by atoms with Gasteiger partial charge >= 0.3 is 0 Å². The van der Waals surface area contributed by atoms with Crippen LogP contribution in [-0.4, -0.2) is 30.6 Å². The number of halogens is 1. The van der Waals surface area contributed by atoms with Gasteiger partial charge in [-0.25, -0.2) is 0 Å². The van der Waals surface area contributed by atoms with Crippen molar-refractivity contribution in [2.45, 2.75) is 31.8 Å². The van der Waals surface area contributed by atoms with Crippen LogP contribution in [0.15, 0.2) is 28.7 Å². The minimum Gasteiger partial charge on any atom is -0.314 e. The summed E-state index contributed by atoms with van der Waals surface area (Å²) in [7, 11) is 0. The van der Waals surface area contributed by atoms with Crippen LogP contribution in [0.25, 0.3) is 0 Å². The van der Waals surface area contributed by atoms with Gasteiger partial charge in [0.1, 0.15) is 0 Å². The first kappa shape index (κ1) is 12.6. The lowest BCUT2D eigenvalue weighted by atomic mass is 10.1. The Labute approximate surface area is 118 Å². The van der Waals surface area contributed by atoms with Gasteiger partial charge in [-0.05, 0) is 56.0 Å². The first-order valence-corrected chi connectivity index (χ1v) is 7.79. The summed E-state index contributed by atoms with van der Waals surface area (Å²) in [5.74, 6) is 0.862. The van der Waals surface area contributed by atoms with Gasteiger partial charge in [-0.1, -0.05) is 28.1 Å². The molecule has 1 heterocycles. The number of likely N-dealkylation sites (tertiary alicyclic amines) is 1. The maximum atomic E-state index is 3.66. The molecule has 0 amide bonds. The van der Waals surface area contributed by atoms with E-state index in [1.165, 1.54) is 48.9 Å². The zero-order valence-corrected chi connectivity index (χ0v) is 12.3. The Hall–Kier alpha value is -0.380. The Bertz CT molecular complexity index is 386. The van der Waals surface area contributed by atoms with E-state index in [1.54, 1.807) is 0 Å². The van der Waals surface area contributed by atoms with Crippen molar-refractivity contribution in [2.24, 2.45) is 5.92 Å². The highest BCUT2D eigenvalue weighted by atomic mass is 79.9. The third-order valence-corrected chi connectivity index (χ3v) is 4.49. The fraction of sp³-hybridized carbons (Fsp3) is 0.600. The lowest BCUT2D eigenvalue weighted by Gasteiger charge is -2.16. The van der Waals surface area contributed by atoms with Crippen molar-refractivity contribution in [2.75, 3.05) is 19.6 Å². The van der Waals surface area contributed by atoms with Crippen LogP contribution in [-0.2, 0) is 6.54 Å². The predicted octanol–water partition coefficient (Wildman–Crippen LogP) is 3.02. The van der Waals surface area contributed by atoms with E-state index in [-0.39, 0.29) is 0 Å². The van der Waals surface area contributed by atoms with Crippen LogP contribution in [0, 0.1) is 5.92 Å². The Morgan fingerprint density at radius 2 is 1.94 bits per heavy atom. The maximum Gasteiger partial charge on any atom is 0.0233 e. The van der Waals surface area contributed by atoms with Gasteiger partial charge in [-0.3, -0.25) is 4.90 Å². The molecular formula is C15H21BrN2. The fourth-order valence-electron chi connectivity index (χ4n) is 2.69. The van der Waals surface area contributed by atoms with Gasteiger partial charge in [0, 0.05) is 23.6 Å². The second-order valence-corrected chi connectivity index (χ2v) is 6.61. The average Bonchev–Trinajstić information content (AvgIpc) is 3.10. The van der Waals surface area contributed by atoms with Crippen LogP contribution >= 0.6 is 15.9 Å². The first-order valence-electron chi connectivity index (χ1n) is 7.00. The first-order chi connectivity index (χ1) is 8.79. The third kappa shape index (κ3) is 3.56. The molecule has 1 aromatic carbocycles. The summed E-state index contributed by atoms with van der Waals surface area (Å²) in [4.78, 5) is 2.59. The molecule has 98 valence electrons. The van der Waals surface area contributed by atoms with Crippen molar-refractivity contribution in [3.8, 4) is 0 Å². The van der Waals surface area contributed by atoms with Gasteiger partial charge in [0.2, 0.25) is 0 Å². The van der Waals surface area contributed by atoms with Crippen LogP contribution in [0.2, 0.25) is 0 Å². The summed E-state index contributed by atoms with van der Waals surface area (Å²) in [6.45, 7) is 4.84. The molecule has 2 aliphatic rings. The summed E-state index contributed by atoms with van der Waals surface area (Å²) >= 11 is 3.49. The highest BCUT2D eigenvalue weighted by Gasteiger charge is 2.26. The molecule has 1 aliphatic carbocycles. The molecular weight excluding hydrogens is 288 g/mol. The summed E-state index contributed by atoms with van der Waals surface area (Å²) in [5.41, 5.74) is 1.43. The second-order valence-electron chi connectivity index (χ2n) is 5.70. The van der Waals surface area contributed by atoms with Crippen LogP contribution < -0.4 is 5.32 Å².